The van der Waals surface area contributed by atoms with Gasteiger partial charge in [-0.2, -0.15) is 0 Å². The predicted molar refractivity (Wildman–Crippen MR) is 95.4 cm³/mol. The average Bonchev–Trinajstić information content (AvgIpc) is 3.33. The van der Waals surface area contributed by atoms with Gasteiger partial charge in [-0.25, -0.2) is 9.78 Å². The van der Waals surface area contributed by atoms with Crippen LogP contribution in [-0.4, -0.2) is 44.9 Å². The molecule has 1 aliphatic rings. The number of ether oxygens (including phenoxy) is 1. The number of aromatic amines is 2. The summed E-state index contributed by atoms with van der Waals surface area (Å²) in [7, 11) is 1.35. The fourth-order valence-corrected chi connectivity index (χ4v) is 3.84. The van der Waals surface area contributed by atoms with E-state index in [1.165, 1.54) is 7.11 Å². The number of hydrogen-bond acceptors (Lipinski definition) is 4. The Kier molecular flexibility index (Phi) is 3.99. The Morgan fingerprint density at radius 2 is 2.15 bits per heavy atom. The summed E-state index contributed by atoms with van der Waals surface area (Å²) in [6.45, 7) is 1.79. The van der Waals surface area contributed by atoms with E-state index in [1.807, 2.05) is 24.3 Å². The van der Waals surface area contributed by atoms with Gasteiger partial charge < -0.3 is 19.6 Å². The monoisotopic (exact) mass is 352 g/mol. The number of hydrogen-bond donors (Lipinski definition) is 2. The molecule has 7 nitrogen and oxygen atoms in total. The first kappa shape index (κ1) is 16.4. The summed E-state index contributed by atoms with van der Waals surface area (Å²) in [6.07, 6.45) is 3.99. The Balaban J connectivity index is 1.97. The lowest BCUT2D eigenvalue weighted by molar-refractivity contribution is -0.155. The number of esters is 1. The molecular formula is C19H20N4O3. The molecule has 3 aromatic rings. The van der Waals surface area contributed by atoms with E-state index in [4.69, 9.17) is 4.74 Å². The van der Waals surface area contributed by atoms with Gasteiger partial charge in [0.05, 0.1) is 25.3 Å². The third kappa shape index (κ3) is 2.39. The highest BCUT2D eigenvalue weighted by molar-refractivity contribution is 5.90. The molecule has 7 heteroatoms. The van der Waals surface area contributed by atoms with Crippen LogP contribution >= 0.6 is 0 Å². The topological polar surface area (TPSA) is 91.1 Å². The number of benzene rings is 1. The molecule has 4 rings (SSSR count). The minimum absolute atomic E-state index is 0.107. The summed E-state index contributed by atoms with van der Waals surface area (Å²) in [5, 5.41) is 1.06. The molecular weight excluding hydrogens is 332 g/mol. The van der Waals surface area contributed by atoms with Crippen molar-refractivity contribution in [2.75, 3.05) is 7.11 Å². The number of aromatic nitrogens is 3. The Morgan fingerprint density at radius 3 is 2.85 bits per heavy atom. The van der Waals surface area contributed by atoms with E-state index in [2.05, 4.69) is 15.0 Å². The fourth-order valence-electron chi connectivity index (χ4n) is 3.84. The summed E-state index contributed by atoms with van der Waals surface area (Å²) >= 11 is 0. The van der Waals surface area contributed by atoms with Crippen LogP contribution in [0.4, 0.5) is 0 Å². The second kappa shape index (κ2) is 6.33. The van der Waals surface area contributed by atoms with Gasteiger partial charge in [-0.3, -0.25) is 4.79 Å². The Hall–Kier alpha value is -3.09. The van der Waals surface area contributed by atoms with E-state index in [9.17, 15) is 9.59 Å². The maximum absolute atomic E-state index is 12.8. The van der Waals surface area contributed by atoms with E-state index in [0.29, 0.717) is 12.8 Å². The van der Waals surface area contributed by atoms with Gasteiger partial charge in [0.2, 0.25) is 5.91 Å². The smallest absolute Gasteiger partial charge is 0.328 e. The molecule has 3 heterocycles. The number of fused-ring (bicyclic) bond motifs is 3. The lowest BCUT2D eigenvalue weighted by Gasteiger charge is -2.40. The van der Waals surface area contributed by atoms with Gasteiger partial charge in [-0.15, -0.1) is 0 Å². The van der Waals surface area contributed by atoms with Crippen LogP contribution in [0.2, 0.25) is 0 Å². The van der Waals surface area contributed by atoms with E-state index in [-0.39, 0.29) is 5.91 Å². The number of imidazole rings is 1. The fraction of sp³-hybridized carbons (Fsp3) is 0.316. The Labute approximate surface area is 150 Å². The quantitative estimate of drug-likeness (QED) is 0.708. The normalized spacial score (nSPS) is 19.4. The number of nitrogens with zero attached hydrogens (tertiary/aromatic N) is 2. The van der Waals surface area contributed by atoms with Gasteiger partial charge in [0.1, 0.15) is 12.1 Å². The van der Waals surface area contributed by atoms with E-state index >= 15 is 0 Å². The summed E-state index contributed by atoms with van der Waals surface area (Å²) in [4.78, 5) is 37.6. The number of carbonyl (C=O) groups excluding carboxylic acids is 2. The molecule has 0 unspecified atom stereocenters. The second-order valence-electron chi connectivity index (χ2n) is 6.37. The lowest BCUT2D eigenvalue weighted by Crippen LogP contribution is -2.51. The van der Waals surface area contributed by atoms with Crippen molar-refractivity contribution < 1.29 is 14.3 Å². The first-order chi connectivity index (χ1) is 12.7. The lowest BCUT2D eigenvalue weighted by atomic mass is 9.90. The Morgan fingerprint density at radius 1 is 1.35 bits per heavy atom. The summed E-state index contributed by atoms with van der Waals surface area (Å²) < 4.78 is 5.02. The standard InChI is InChI=1S/C19H20N4O3/c1-3-16(24)23-15(19(25)26-2)8-12-11-6-4-5-7-13(11)22-17(12)18(23)14-9-20-10-21-14/h4-7,9-10,15,18,22H,3,8H2,1-2H3,(H,20,21)/t15-,18+/m1/s1. The second-order valence-corrected chi connectivity index (χ2v) is 6.37. The number of methoxy groups -OCH3 is 1. The zero-order chi connectivity index (χ0) is 18.3. The van der Waals surface area contributed by atoms with Gasteiger partial charge in [-0.05, 0) is 11.6 Å². The van der Waals surface area contributed by atoms with Crippen molar-refractivity contribution in [3.05, 3.63) is 53.7 Å². The molecule has 2 atom stereocenters. The van der Waals surface area contributed by atoms with Crippen LogP contribution in [0.3, 0.4) is 0 Å². The molecule has 0 saturated heterocycles. The molecule has 0 bridgehead atoms. The van der Waals surface area contributed by atoms with Crippen LogP contribution in [0.25, 0.3) is 10.9 Å². The highest BCUT2D eigenvalue weighted by Crippen LogP contribution is 2.40. The van der Waals surface area contributed by atoms with Crippen LogP contribution < -0.4 is 0 Å². The third-order valence-electron chi connectivity index (χ3n) is 5.01. The predicted octanol–water partition coefficient (Wildman–Crippen LogP) is 2.32. The molecule has 1 aromatic carbocycles. The number of H-pyrrole nitrogens is 2. The van der Waals surface area contributed by atoms with Crippen molar-refractivity contribution in [1.29, 1.82) is 0 Å². The molecule has 0 saturated carbocycles. The van der Waals surface area contributed by atoms with Crippen molar-refractivity contribution in [1.82, 2.24) is 19.9 Å². The molecule has 2 N–H and O–H groups in total. The highest BCUT2D eigenvalue weighted by atomic mass is 16.5. The van der Waals surface area contributed by atoms with E-state index in [1.54, 1.807) is 24.3 Å². The summed E-state index contributed by atoms with van der Waals surface area (Å²) in [5.74, 6) is -0.517. The van der Waals surface area contributed by atoms with Gasteiger partial charge in [0.15, 0.2) is 0 Å². The minimum Gasteiger partial charge on any atom is -0.467 e. The SMILES string of the molecule is CCC(=O)N1[C@@H](c2cnc[nH]2)c2[nH]c3ccccc3c2C[C@@H]1C(=O)OC. The summed E-state index contributed by atoms with van der Waals surface area (Å²) in [5.41, 5.74) is 3.69. The molecule has 26 heavy (non-hydrogen) atoms. The van der Waals surface area contributed by atoms with Crippen molar-refractivity contribution in [2.24, 2.45) is 0 Å². The maximum atomic E-state index is 12.8. The first-order valence-electron chi connectivity index (χ1n) is 8.62. The number of rotatable bonds is 3. The molecule has 1 aliphatic heterocycles. The van der Waals surface area contributed by atoms with Crippen LogP contribution in [0.5, 0.6) is 0 Å². The van der Waals surface area contributed by atoms with Crippen LogP contribution in [0, 0.1) is 0 Å². The van der Waals surface area contributed by atoms with Gasteiger partial charge >= 0.3 is 5.97 Å². The van der Waals surface area contributed by atoms with Crippen molar-refractivity contribution in [3.63, 3.8) is 0 Å². The molecule has 1 amide bonds. The molecule has 0 spiro atoms. The van der Waals surface area contributed by atoms with Crippen LogP contribution in [0.1, 0.15) is 36.3 Å². The van der Waals surface area contributed by atoms with Gasteiger partial charge in [0, 0.05) is 29.4 Å². The minimum atomic E-state index is -0.674. The molecule has 134 valence electrons. The largest absolute Gasteiger partial charge is 0.467 e. The molecule has 0 fully saturated rings. The highest BCUT2D eigenvalue weighted by Gasteiger charge is 2.44. The van der Waals surface area contributed by atoms with Crippen molar-refractivity contribution >= 4 is 22.8 Å². The zero-order valence-electron chi connectivity index (χ0n) is 14.7. The first-order valence-corrected chi connectivity index (χ1v) is 8.62. The van der Waals surface area contributed by atoms with Gasteiger partial charge in [0.25, 0.3) is 0 Å². The zero-order valence-corrected chi connectivity index (χ0v) is 14.7. The summed E-state index contributed by atoms with van der Waals surface area (Å²) in [6, 6.07) is 6.84. The van der Waals surface area contributed by atoms with Crippen LogP contribution in [0.15, 0.2) is 36.8 Å². The maximum Gasteiger partial charge on any atom is 0.328 e. The average molecular weight is 352 g/mol. The Bertz CT molecular complexity index is 960. The van der Waals surface area contributed by atoms with E-state index in [0.717, 1.165) is 27.9 Å². The van der Waals surface area contributed by atoms with Crippen molar-refractivity contribution in [2.45, 2.75) is 31.8 Å². The number of amides is 1. The number of para-hydroxylation sites is 1. The number of nitrogens with one attached hydrogen (secondary N) is 2. The number of carbonyl (C=O) groups is 2. The van der Waals surface area contributed by atoms with Crippen molar-refractivity contribution in [3.8, 4) is 0 Å². The van der Waals surface area contributed by atoms with E-state index < -0.39 is 18.1 Å². The molecule has 0 aliphatic carbocycles. The van der Waals surface area contributed by atoms with Crippen LogP contribution in [-0.2, 0) is 20.7 Å². The molecule has 0 radical (unpaired) electrons. The van der Waals surface area contributed by atoms with Gasteiger partial charge in [-0.1, -0.05) is 25.1 Å². The molecule has 2 aromatic heterocycles. The third-order valence-corrected chi connectivity index (χ3v) is 5.01.